The van der Waals surface area contributed by atoms with E-state index in [0.717, 1.165) is 28.5 Å². The van der Waals surface area contributed by atoms with Crippen molar-refractivity contribution in [2.75, 3.05) is 16.8 Å². The Kier molecular flexibility index (Phi) is 7.94. The lowest BCUT2D eigenvalue weighted by Gasteiger charge is -2.28. The number of carbonyl (C=O) groups excluding carboxylic acids is 1. The van der Waals surface area contributed by atoms with E-state index in [1.165, 1.54) is 11.1 Å². The first-order chi connectivity index (χ1) is 20.9. The molecule has 1 saturated heterocycles. The van der Waals surface area contributed by atoms with Crippen molar-refractivity contribution in [3.63, 3.8) is 0 Å². The van der Waals surface area contributed by atoms with Gasteiger partial charge in [0.25, 0.3) is 5.91 Å². The average Bonchev–Trinajstić information content (AvgIpc) is 3.52. The molecule has 3 heterocycles. The summed E-state index contributed by atoms with van der Waals surface area (Å²) in [5.41, 5.74) is 8.35. The number of para-hydroxylation sites is 2. The van der Waals surface area contributed by atoms with E-state index in [1.54, 1.807) is 0 Å². The summed E-state index contributed by atoms with van der Waals surface area (Å²) >= 11 is 5.95. The number of rotatable bonds is 8. The van der Waals surface area contributed by atoms with Crippen molar-refractivity contribution >= 4 is 34.6 Å². The SMILES string of the molecule is Cc1ccccc1-n1c(C)cc([C@@H]2[C@H](c3ccccn3)NC(=S)N2c2ccc(NC(=O)COc3ccccc3)cc2)c1C. The van der Waals surface area contributed by atoms with E-state index < -0.39 is 0 Å². The summed E-state index contributed by atoms with van der Waals surface area (Å²) < 4.78 is 7.90. The highest BCUT2D eigenvalue weighted by atomic mass is 32.1. The molecule has 0 spiro atoms. The molecule has 1 aliphatic rings. The third-order valence-corrected chi connectivity index (χ3v) is 8.10. The Hall–Kier alpha value is -4.95. The molecule has 3 aromatic carbocycles. The van der Waals surface area contributed by atoms with Gasteiger partial charge in [0.2, 0.25) is 0 Å². The number of thiocarbonyl (C=S) groups is 1. The van der Waals surface area contributed by atoms with Crippen LogP contribution in [-0.4, -0.2) is 27.2 Å². The normalized spacial score (nSPS) is 16.2. The van der Waals surface area contributed by atoms with Crippen molar-refractivity contribution in [2.45, 2.75) is 32.9 Å². The Bertz CT molecular complexity index is 1750. The molecule has 43 heavy (non-hydrogen) atoms. The lowest BCUT2D eigenvalue weighted by atomic mass is 9.96. The van der Waals surface area contributed by atoms with Crippen LogP contribution in [0.4, 0.5) is 11.4 Å². The monoisotopic (exact) mass is 587 g/mol. The van der Waals surface area contributed by atoms with Gasteiger partial charge in [-0.2, -0.15) is 0 Å². The summed E-state index contributed by atoms with van der Waals surface area (Å²) in [5.74, 6) is 0.421. The van der Waals surface area contributed by atoms with Gasteiger partial charge in [0.15, 0.2) is 11.7 Å². The molecule has 0 radical (unpaired) electrons. The predicted molar refractivity (Wildman–Crippen MR) is 175 cm³/mol. The van der Waals surface area contributed by atoms with Crippen molar-refractivity contribution in [2.24, 2.45) is 0 Å². The molecule has 216 valence electrons. The number of carbonyl (C=O) groups is 1. The Labute approximate surface area is 257 Å². The highest BCUT2D eigenvalue weighted by molar-refractivity contribution is 7.80. The van der Waals surface area contributed by atoms with Crippen LogP contribution in [0.5, 0.6) is 5.75 Å². The fourth-order valence-electron chi connectivity index (χ4n) is 5.79. The van der Waals surface area contributed by atoms with Crippen LogP contribution >= 0.6 is 12.2 Å². The lowest BCUT2D eigenvalue weighted by Crippen LogP contribution is -2.29. The van der Waals surface area contributed by atoms with Gasteiger partial charge in [-0.1, -0.05) is 42.5 Å². The molecule has 0 saturated carbocycles. The summed E-state index contributed by atoms with van der Waals surface area (Å²) in [6, 6.07) is 33.4. The van der Waals surface area contributed by atoms with Crippen LogP contribution in [0, 0.1) is 20.8 Å². The van der Waals surface area contributed by atoms with Gasteiger partial charge >= 0.3 is 0 Å². The number of aryl methyl sites for hydroxylation is 2. The van der Waals surface area contributed by atoms with Crippen LogP contribution in [0.15, 0.2) is 109 Å². The fourth-order valence-corrected chi connectivity index (χ4v) is 6.14. The minimum Gasteiger partial charge on any atom is -0.484 e. The van der Waals surface area contributed by atoms with Crippen molar-refractivity contribution in [1.82, 2.24) is 14.9 Å². The quantitative estimate of drug-likeness (QED) is 0.191. The van der Waals surface area contributed by atoms with E-state index in [0.29, 0.717) is 16.5 Å². The first-order valence-corrected chi connectivity index (χ1v) is 14.6. The van der Waals surface area contributed by atoms with Crippen molar-refractivity contribution < 1.29 is 9.53 Å². The molecule has 0 aliphatic carbocycles. The van der Waals surface area contributed by atoms with Crippen LogP contribution < -0.4 is 20.3 Å². The molecule has 2 aromatic heterocycles. The zero-order valence-corrected chi connectivity index (χ0v) is 25.1. The standard InChI is InChI=1S/C35H33N5O2S/c1-23-11-7-8-15-31(23)39-24(2)21-29(25(39)3)34-33(30-14-9-10-20-36-30)38-35(43)40(34)27-18-16-26(17-19-27)37-32(41)22-42-28-12-5-4-6-13-28/h4-21,33-34H,22H2,1-3H3,(H,37,41)(H,38,43)/t33-,34+/m0/s1. The number of amides is 1. The highest BCUT2D eigenvalue weighted by Gasteiger charge is 2.42. The topological polar surface area (TPSA) is 71.4 Å². The van der Waals surface area contributed by atoms with Gasteiger partial charge in [0, 0.05) is 34.6 Å². The number of hydrogen-bond donors (Lipinski definition) is 2. The van der Waals surface area contributed by atoms with Gasteiger partial charge in [-0.25, -0.2) is 0 Å². The van der Waals surface area contributed by atoms with Gasteiger partial charge in [0.1, 0.15) is 5.75 Å². The minimum absolute atomic E-state index is 0.0732. The molecular weight excluding hydrogens is 554 g/mol. The number of nitrogens with zero attached hydrogens (tertiary/aromatic N) is 3. The van der Waals surface area contributed by atoms with Gasteiger partial charge in [0.05, 0.1) is 17.8 Å². The number of anilines is 2. The second-order valence-corrected chi connectivity index (χ2v) is 11.0. The zero-order valence-electron chi connectivity index (χ0n) is 24.3. The number of ether oxygens (including phenoxy) is 1. The Morgan fingerprint density at radius 2 is 1.65 bits per heavy atom. The van der Waals surface area contributed by atoms with Crippen molar-refractivity contribution in [3.05, 3.63) is 138 Å². The molecule has 1 aliphatic heterocycles. The summed E-state index contributed by atoms with van der Waals surface area (Å²) in [6.07, 6.45) is 1.81. The van der Waals surface area contributed by atoms with Crippen molar-refractivity contribution in [3.8, 4) is 11.4 Å². The number of nitrogens with one attached hydrogen (secondary N) is 2. The predicted octanol–water partition coefficient (Wildman–Crippen LogP) is 6.99. The summed E-state index contributed by atoms with van der Waals surface area (Å²) in [5, 5.41) is 7.09. The van der Waals surface area contributed by atoms with E-state index in [2.05, 4.69) is 71.2 Å². The second-order valence-electron chi connectivity index (χ2n) is 10.6. The molecule has 1 fully saturated rings. The summed E-state index contributed by atoms with van der Waals surface area (Å²) in [7, 11) is 0. The molecule has 6 rings (SSSR count). The number of aromatic nitrogens is 2. The fraction of sp³-hybridized carbons (Fsp3) is 0.171. The maximum absolute atomic E-state index is 12.5. The largest absolute Gasteiger partial charge is 0.484 e. The molecule has 2 N–H and O–H groups in total. The molecule has 0 bridgehead atoms. The molecule has 2 atom stereocenters. The Morgan fingerprint density at radius 3 is 2.37 bits per heavy atom. The van der Waals surface area contributed by atoms with Crippen LogP contribution in [0.3, 0.4) is 0 Å². The summed E-state index contributed by atoms with van der Waals surface area (Å²) in [6.45, 7) is 6.37. The molecule has 5 aromatic rings. The first-order valence-electron chi connectivity index (χ1n) is 14.2. The van der Waals surface area contributed by atoms with E-state index in [-0.39, 0.29) is 24.6 Å². The third-order valence-electron chi connectivity index (χ3n) is 7.79. The van der Waals surface area contributed by atoms with Gasteiger partial charge in [-0.05, 0) is 105 Å². The number of pyridine rings is 1. The Morgan fingerprint density at radius 1 is 0.930 bits per heavy atom. The van der Waals surface area contributed by atoms with E-state index >= 15 is 0 Å². The maximum Gasteiger partial charge on any atom is 0.262 e. The smallest absolute Gasteiger partial charge is 0.262 e. The van der Waals surface area contributed by atoms with Crippen LogP contribution in [0.1, 0.15) is 40.3 Å². The second kappa shape index (κ2) is 12.1. The molecule has 0 unspecified atom stereocenters. The number of hydrogen-bond acceptors (Lipinski definition) is 4. The van der Waals surface area contributed by atoms with E-state index in [4.69, 9.17) is 21.9 Å². The molecule has 1 amide bonds. The van der Waals surface area contributed by atoms with Crippen LogP contribution in [-0.2, 0) is 4.79 Å². The molecule has 8 heteroatoms. The van der Waals surface area contributed by atoms with Crippen LogP contribution in [0.2, 0.25) is 0 Å². The summed E-state index contributed by atoms with van der Waals surface area (Å²) in [4.78, 5) is 19.4. The first kappa shape index (κ1) is 28.2. The van der Waals surface area contributed by atoms with Crippen LogP contribution in [0.25, 0.3) is 5.69 Å². The molecular formula is C35H33N5O2S. The molecule has 7 nitrogen and oxygen atoms in total. The van der Waals surface area contributed by atoms with Gasteiger partial charge in [-0.3, -0.25) is 9.78 Å². The van der Waals surface area contributed by atoms with Gasteiger partial charge < -0.3 is 24.8 Å². The average molecular weight is 588 g/mol. The van der Waals surface area contributed by atoms with E-state index in [1.807, 2.05) is 79.0 Å². The zero-order chi connectivity index (χ0) is 29.9. The van der Waals surface area contributed by atoms with E-state index in [9.17, 15) is 4.79 Å². The highest BCUT2D eigenvalue weighted by Crippen LogP contribution is 2.44. The van der Waals surface area contributed by atoms with Crippen molar-refractivity contribution in [1.29, 1.82) is 0 Å². The maximum atomic E-state index is 12.5. The van der Waals surface area contributed by atoms with Gasteiger partial charge in [-0.15, -0.1) is 0 Å². The Balaban J connectivity index is 1.31. The number of benzene rings is 3. The minimum atomic E-state index is -0.230. The third kappa shape index (κ3) is 5.74. The lowest BCUT2D eigenvalue weighted by molar-refractivity contribution is -0.118.